The molecule has 1 heterocycles. The Kier molecular flexibility index (Phi) is 5.29. The lowest BCUT2D eigenvalue weighted by atomic mass is 10.1. The summed E-state index contributed by atoms with van der Waals surface area (Å²) in [6, 6.07) is 4.20. The van der Waals surface area contributed by atoms with Gasteiger partial charge in [-0.25, -0.2) is 0 Å². The molecule has 15 heavy (non-hydrogen) atoms. The number of pyridine rings is 1. The minimum atomic E-state index is 0.0462. The van der Waals surface area contributed by atoms with E-state index in [0.29, 0.717) is 6.61 Å². The highest BCUT2D eigenvalue weighted by atomic mass is 16.5. The highest BCUT2D eigenvalue weighted by Crippen LogP contribution is 2.03. The summed E-state index contributed by atoms with van der Waals surface area (Å²) in [5, 5.41) is 0. The summed E-state index contributed by atoms with van der Waals surface area (Å²) in [7, 11) is 0. The number of rotatable bonds is 6. The molecule has 0 aliphatic heterocycles. The molecular weight excluding hydrogens is 188 g/mol. The minimum absolute atomic E-state index is 0.0462. The van der Waals surface area contributed by atoms with Crippen molar-refractivity contribution in [1.29, 1.82) is 0 Å². The molecule has 0 saturated carbocycles. The van der Waals surface area contributed by atoms with Crippen LogP contribution >= 0.6 is 0 Å². The van der Waals surface area contributed by atoms with Gasteiger partial charge in [0, 0.05) is 31.0 Å². The minimum Gasteiger partial charge on any atom is -0.380 e. The second-order valence-corrected chi connectivity index (χ2v) is 3.64. The highest BCUT2D eigenvalue weighted by molar-refractivity contribution is 5.14. The normalized spacial score (nSPS) is 12.7. The maximum atomic E-state index is 5.90. The number of nitrogens with zero attached hydrogens (tertiary/aromatic N) is 1. The van der Waals surface area contributed by atoms with Crippen molar-refractivity contribution >= 4 is 0 Å². The molecule has 1 rings (SSSR count). The summed E-state index contributed by atoms with van der Waals surface area (Å²) in [4.78, 5) is 4.36. The highest BCUT2D eigenvalue weighted by Gasteiger charge is 2.04. The van der Waals surface area contributed by atoms with Crippen molar-refractivity contribution in [2.24, 2.45) is 5.73 Å². The van der Waals surface area contributed by atoms with E-state index >= 15 is 0 Å². The maximum Gasteiger partial charge on any atom is 0.0621 e. The number of nitrogens with two attached hydrogens (primary N) is 1. The molecule has 84 valence electrons. The van der Waals surface area contributed by atoms with Gasteiger partial charge in [-0.2, -0.15) is 0 Å². The van der Waals surface area contributed by atoms with Gasteiger partial charge in [0.1, 0.15) is 0 Å². The van der Waals surface area contributed by atoms with Crippen molar-refractivity contribution in [2.45, 2.75) is 32.7 Å². The van der Waals surface area contributed by atoms with Gasteiger partial charge in [0.25, 0.3) is 0 Å². The van der Waals surface area contributed by atoms with E-state index in [2.05, 4.69) is 18.0 Å². The molecule has 1 aromatic rings. The van der Waals surface area contributed by atoms with E-state index in [4.69, 9.17) is 10.5 Å². The van der Waals surface area contributed by atoms with Crippen molar-refractivity contribution < 1.29 is 4.74 Å². The predicted molar refractivity (Wildman–Crippen MR) is 61.8 cm³/mol. The quantitative estimate of drug-likeness (QED) is 0.771. The summed E-state index contributed by atoms with van der Waals surface area (Å²) >= 11 is 0. The van der Waals surface area contributed by atoms with Crippen molar-refractivity contribution in [3.05, 3.63) is 29.6 Å². The molecule has 0 amide bonds. The molecule has 1 atom stereocenters. The third-order valence-corrected chi connectivity index (χ3v) is 2.30. The Morgan fingerprint density at radius 1 is 1.40 bits per heavy atom. The molecule has 0 radical (unpaired) electrons. The smallest absolute Gasteiger partial charge is 0.0621 e. The van der Waals surface area contributed by atoms with E-state index in [9.17, 15) is 0 Å². The number of hydrogen-bond acceptors (Lipinski definition) is 3. The lowest BCUT2D eigenvalue weighted by molar-refractivity contribution is 0.133. The summed E-state index contributed by atoms with van der Waals surface area (Å²) in [6.07, 6.45) is 3.73. The molecule has 1 aromatic heterocycles. The van der Waals surface area contributed by atoms with E-state index < -0.39 is 0 Å². The Bertz CT molecular complexity index is 271. The van der Waals surface area contributed by atoms with E-state index in [1.807, 2.05) is 19.2 Å². The van der Waals surface area contributed by atoms with Crippen molar-refractivity contribution in [3.63, 3.8) is 0 Å². The van der Waals surface area contributed by atoms with Crippen LogP contribution in [-0.4, -0.2) is 24.2 Å². The van der Waals surface area contributed by atoms with Crippen LogP contribution in [0.4, 0.5) is 0 Å². The Labute approximate surface area is 91.7 Å². The molecule has 0 bridgehead atoms. The molecular formula is C12H20N2O. The van der Waals surface area contributed by atoms with Crippen LogP contribution in [0.15, 0.2) is 18.3 Å². The molecule has 0 aliphatic carbocycles. The van der Waals surface area contributed by atoms with Gasteiger partial charge in [-0.1, -0.05) is 13.0 Å². The van der Waals surface area contributed by atoms with Crippen LogP contribution in [0, 0.1) is 0 Å². The van der Waals surface area contributed by atoms with Crippen LogP contribution in [0.2, 0.25) is 0 Å². The molecule has 0 spiro atoms. The topological polar surface area (TPSA) is 48.1 Å². The van der Waals surface area contributed by atoms with Crippen molar-refractivity contribution in [3.8, 4) is 0 Å². The number of aromatic nitrogens is 1. The molecule has 3 heteroatoms. The van der Waals surface area contributed by atoms with Crippen LogP contribution in [0.3, 0.4) is 0 Å². The first-order valence-electron chi connectivity index (χ1n) is 5.53. The monoisotopic (exact) mass is 208 g/mol. The van der Waals surface area contributed by atoms with Gasteiger partial charge in [-0.05, 0) is 25.0 Å². The van der Waals surface area contributed by atoms with E-state index in [1.165, 1.54) is 5.56 Å². The molecule has 0 aromatic carbocycles. The third-order valence-electron chi connectivity index (χ3n) is 2.30. The lowest BCUT2D eigenvalue weighted by Crippen LogP contribution is -2.29. The van der Waals surface area contributed by atoms with Crippen LogP contribution in [0.5, 0.6) is 0 Å². The molecule has 2 N–H and O–H groups in total. The van der Waals surface area contributed by atoms with Crippen molar-refractivity contribution in [2.75, 3.05) is 13.2 Å². The first kappa shape index (κ1) is 12.1. The molecule has 0 saturated heterocycles. The SMILES string of the molecule is CCOCC(N)Cc1ccc(CC)cn1. The zero-order chi connectivity index (χ0) is 11.1. The number of hydrogen-bond donors (Lipinski definition) is 1. The van der Waals surface area contributed by atoms with E-state index in [1.54, 1.807) is 0 Å². The zero-order valence-electron chi connectivity index (χ0n) is 9.57. The average Bonchev–Trinajstić information content (AvgIpc) is 2.27. The Morgan fingerprint density at radius 3 is 2.73 bits per heavy atom. The summed E-state index contributed by atoms with van der Waals surface area (Å²) < 4.78 is 5.26. The van der Waals surface area contributed by atoms with Gasteiger partial charge in [-0.15, -0.1) is 0 Å². The summed E-state index contributed by atoms with van der Waals surface area (Å²) in [6.45, 7) is 5.42. The first-order valence-corrected chi connectivity index (χ1v) is 5.53. The maximum absolute atomic E-state index is 5.90. The number of aryl methyl sites for hydroxylation is 1. The average molecular weight is 208 g/mol. The fourth-order valence-electron chi connectivity index (χ4n) is 1.38. The van der Waals surface area contributed by atoms with Crippen LogP contribution in [0.1, 0.15) is 25.1 Å². The second-order valence-electron chi connectivity index (χ2n) is 3.64. The predicted octanol–water partition coefficient (Wildman–Crippen LogP) is 1.55. The van der Waals surface area contributed by atoms with Gasteiger partial charge < -0.3 is 10.5 Å². The van der Waals surface area contributed by atoms with Gasteiger partial charge in [0.15, 0.2) is 0 Å². The Morgan fingerprint density at radius 2 is 2.20 bits per heavy atom. The first-order chi connectivity index (χ1) is 7.26. The standard InChI is InChI=1S/C12H20N2O/c1-3-10-5-6-12(14-8-10)7-11(13)9-15-4-2/h5-6,8,11H,3-4,7,9,13H2,1-2H3. The second kappa shape index (κ2) is 6.53. The van der Waals surface area contributed by atoms with E-state index in [0.717, 1.165) is 25.1 Å². The van der Waals surface area contributed by atoms with Crippen LogP contribution in [0.25, 0.3) is 0 Å². The molecule has 0 aliphatic rings. The lowest BCUT2D eigenvalue weighted by Gasteiger charge is -2.10. The van der Waals surface area contributed by atoms with Crippen LogP contribution < -0.4 is 5.73 Å². The Balaban J connectivity index is 2.42. The van der Waals surface area contributed by atoms with Gasteiger partial charge in [0.05, 0.1) is 6.61 Å². The fourth-order valence-corrected chi connectivity index (χ4v) is 1.38. The zero-order valence-corrected chi connectivity index (χ0v) is 9.57. The van der Waals surface area contributed by atoms with E-state index in [-0.39, 0.29) is 6.04 Å². The Hall–Kier alpha value is -0.930. The van der Waals surface area contributed by atoms with Gasteiger partial charge in [-0.3, -0.25) is 4.98 Å². The number of ether oxygens (including phenoxy) is 1. The summed E-state index contributed by atoms with van der Waals surface area (Å²) in [5.74, 6) is 0. The van der Waals surface area contributed by atoms with Crippen molar-refractivity contribution in [1.82, 2.24) is 4.98 Å². The molecule has 1 unspecified atom stereocenters. The summed E-state index contributed by atoms with van der Waals surface area (Å²) in [5.41, 5.74) is 8.20. The largest absolute Gasteiger partial charge is 0.380 e. The third kappa shape index (κ3) is 4.40. The van der Waals surface area contributed by atoms with Crippen LogP contribution in [-0.2, 0) is 17.6 Å². The molecule has 3 nitrogen and oxygen atoms in total. The molecule has 0 fully saturated rings. The van der Waals surface area contributed by atoms with Gasteiger partial charge >= 0.3 is 0 Å². The van der Waals surface area contributed by atoms with Gasteiger partial charge in [0.2, 0.25) is 0 Å². The fraction of sp³-hybridized carbons (Fsp3) is 0.583.